The molecule has 1 saturated carbocycles. The van der Waals surface area contributed by atoms with Gasteiger partial charge in [0.2, 0.25) is 0 Å². The summed E-state index contributed by atoms with van der Waals surface area (Å²) in [6.07, 6.45) is 4.41. The molecule has 0 amide bonds. The number of esters is 1. The maximum atomic E-state index is 11.8. The summed E-state index contributed by atoms with van der Waals surface area (Å²) in [5.74, 6) is -0.246. The van der Waals surface area contributed by atoms with E-state index in [-0.39, 0.29) is 11.4 Å². The van der Waals surface area contributed by atoms with Crippen molar-refractivity contribution in [3.8, 4) is 0 Å². The van der Waals surface area contributed by atoms with Crippen LogP contribution in [0.25, 0.3) is 0 Å². The van der Waals surface area contributed by atoms with Gasteiger partial charge < -0.3 is 10.5 Å². The Labute approximate surface area is 102 Å². The van der Waals surface area contributed by atoms with Crippen molar-refractivity contribution in [1.82, 2.24) is 0 Å². The van der Waals surface area contributed by atoms with Gasteiger partial charge in [-0.15, -0.1) is 0 Å². The van der Waals surface area contributed by atoms with E-state index < -0.39 is 0 Å². The Morgan fingerprint density at radius 3 is 2.65 bits per heavy atom. The molecule has 92 valence electrons. The van der Waals surface area contributed by atoms with Gasteiger partial charge in [0.05, 0.1) is 12.7 Å². The number of rotatable bonds is 4. The van der Waals surface area contributed by atoms with Gasteiger partial charge in [-0.25, -0.2) is 4.79 Å². The average Bonchev–Trinajstić information content (AvgIpc) is 2.33. The van der Waals surface area contributed by atoms with Crippen molar-refractivity contribution >= 4 is 5.97 Å². The topological polar surface area (TPSA) is 52.3 Å². The summed E-state index contributed by atoms with van der Waals surface area (Å²) in [4.78, 5) is 11.8. The molecule has 17 heavy (non-hydrogen) atoms. The van der Waals surface area contributed by atoms with E-state index in [1.165, 1.54) is 13.5 Å². The maximum absolute atomic E-state index is 11.8. The minimum Gasteiger partial charge on any atom is -0.465 e. The van der Waals surface area contributed by atoms with Gasteiger partial charge in [-0.1, -0.05) is 24.6 Å². The molecular weight excluding hydrogens is 214 g/mol. The van der Waals surface area contributed by atoms with Crippen LogP contribution in [0.4, 0.5) is 0 Å². The first kappa shape index (κ1) is 12.1. The van der Waals surface area contributed by atoms with Crippen molar-refractivity contribution in [1.29, 1.82) is 0 Å². The van der Waals surface area contributed by atoms with E-state index in [9.17, 15) is 4.79 Å². The van der Waals surface area contributed by atoms with Crippen LogP contribution in [-0.4, -0.2) is 19.6 Å². The van der Waals surface area contributed by atoms with E-state index in [4.69, 9.17) is 10.5 Å². The fraction of sp³-hybridized carbons (Fsp3) is 0.500. The lowest BCUT2D eigenvalue weighted by molar-refractivity contribution is 0.0594. The van der Waals surface area contributed by atoms with Gasteiger partial charge in [-0.3, -0.25) is 0 Å². The molecule has 3 heteroatoms. The van der Waals surface area contributed by atoms with Gasteiger partial charge in [-0.2, -0.15) is 0 Å². The van der Waals surface area contributed by atoms with E-state index in [2.05, 4.69) is 0 Å². The summed E-state index contributed by atoms with van der Waals surface area (Å²) in [5.41, 5.74) is 7.63. The van der Waals surface area contributed by atoms with Crippen molar-refractivity contribution < 1.29 is 9.53 Å². The Hall–Kier alpha value is -1.35. The van der Waals surface area contributed by atoms with Gasteiger partial charge in [0.15, 0.2) is 0 Å². The monoisotopic (exact) mass is 233 g/mol. The molecule has 0 bridgehead atoms. The second-order valence-electron chi connectivity index (χ2n) is 4.71. The Bertz CT molecular complexity index is 410. The van der Waals surface area contributed by atoms with Gasteiger partial charge in [0.25, 0.3) is 0 Å². The molecule has 2 rings (SSSR count). The van der Waals surface area contributed by atoms with Crippen LogP contribution in [0.3, 0.4) is 0 Å². The highest BCUT2D eigenvalue weighted by molar-refractivity contribution is 5.91. The third-order valence-corrected chi connectivity index (χ3v) is 3.84. The normalized spacial score (nSPS) is 17.3. The number of hydrogen-bond donors (Lipinski definition) is 1. The van der Waals surface area contributed by atoms with Crippen LogP contribution in [0.5, 0.6) is 0 Å². The van der Waals surface area contributed by atoms with Gasteiger partial charge >= 0.3 is 5.97 Å². The van der Waals surface area contributed by atoms with E-state index in [1.807, 2.05) is 24.3 Å². The smallest absolute Gasteiger partial charge is 0.338 e. The molecule has 1 aliphatic carbocycles. The minimum atomic E-state index is -0.246. The van der Waals surface area contributed by atoms with Crippen LogP contribution in [0, 0.1) is 0 Å². The number of carbonyl (C=O) groups is 1. The minimum absolute atomic E-state index is 0.111. The molecule has 0 radical (unpaired) electrons. The largest absolute Gasteiger partial charge is 0.465 e. The molecule has 0 saturated heterocycles. The highest BCUT2D eigenvalue weighted by Gasteiger charge is 2.40. The predicted molar refractivity (Wildman–Crippen MR) is 67.0 cm³/mol. The quantitative estimate of drug-likeness (QED) is 0.811. The molecule has 2 N–H and O–H groups in total. The zero-order valence-electron chi connectivity index (χ0n) is 10.2. The maximum Gasteiger partial charge on any atom is 0.338 e. The number of ether oxygens (including phenoxy) is 1. The summed E-state index contributed by atoms with van der Waals surface area (Å²) in [6.45, 7) is 0.662. The first-order valence-electron chi connectivity index (χ1n) is 6.11. The second-order valence-corrected chi connectivity index (χ2v) is 4.71. The molecule has 0 spiro atoms. The molecule has 1 aromatic carbocycles. The molecule has 1 fully saturated rings. The Kier molecular flexibility index (Phi) is 3.48. The highest BCUT2D eigenvalue weighted by Crippen LogP contribution is 2.47. The molecule has 3 nitrogen and oxygen atoms in total. The number of benzene rings is 1. The lowest BCUT2D eigenvalue weighted by Gasteiger charge is -2.43. The first-order valence-corrected chi connectivity index (χ1v) is 6.11. The summed E-state index contributed by atoms with van der Waals surface area (Å²) in [7, 11) is 1.43. The second kappa shape index (κ2) is 4.88. The molecule has 0 aliphatic heterocycles. The predicted octanol–water partition coefficient (Wildman–Crippen LogP) is 2.24. The molecular formula is C14H19NO2. The van der Waals surface area contributed by atoms with Crippen molar-refractivity contribution in [3.63, 3.8) is 0 Å². The summed E-state index contributed by atoms with van der Waals surface area (Å²) >= 11 is 0. The van der Waals surface area contributed by atoms with Gasteiger partial charge in [0.1, 0.15) is 0 Å². The highest BCUT2D eigenvalue weighted by atomic mass is 16.5. The zero-order valence-corrected chi connectivity index (χ0v) is 10.2. The SMILES string of the molecule is COC(=O)c1ccccc1C1(CCN)CCC1. The fourth-order valence-corrected chi connectivity index (χ4v) is 2.77. The molecule has 0 aromatic heterocycles. The van der Waals surface area contributed by atoms with Crippen LogP contribution in [0.1, 0.15) is 41.6 Å². The first-order chi connectivity index (χ1) is 8.23. The van der Waals surface area contributed by atoms with Crippen molar-refractivity contribution in [2.75, 3.05) is 13.7 Å². The van der Waals surface area contributed by atoms with Crippen molar-refractivity contribution in [2.45, 2.75) is 31.1 Å². The fourth-order valence-electron chi connectivity index (χ4n) is 2.77. The lowest BCUT2D eigenvalue weighted by atomic mass is 9.61. The van der Waals surface area contributed by atoms with Gasteiger partial charge in [0, 0.05) is 0 Å². The van der Waals surface area contributed by atoms with E-state index in [0.29, 0.717) is 12.1 Å². The van der Waals surface area contributed by atoms with Crippen LogP contribution in [0.15, 0.2) is 24.3 Å². The third-order valence-electron chi connectivity index (χ3n) is 3.84. The van der Waals surface area contributed by atoms with Crippen LogP contribution in [0.2, 0.25) is 0 Å². The molecule has 1 aromatic rings. The summed E-state index contributed by atoms with van der Waals surface area (Å²) in [5, 5.41) is 0. The van der Waals surface area contributed by atoms with Gasteiger partial charge in [-0.05, 0) is 42.9 Å². The van der Waals surface area contributed by atoms with Crippen LogP contribution in [-0.2, 0) is 10.2 Å². The summed E-state index contributed by atoms with van der Waals surface area (Å²) in [6, 6.07) is 7.75. The third kappa shape index (κ3) is 2.07. The Morgan fingerprint density at radius 2 is 2.12 bits per heavy atom. The Morgan fingerprint density at radius 1 is 1.41 bits per heavy atom. The van der Waals surface area contributed by atoms with Crippen LogP contribution >= 0.6 is 0 Å². The molecule has 1 aliphatic rings. The number of nitrogens with two attached hydrogens (primary N) is 1. The number of methoxy groups -OCH3 is 1. The molecule has 0 unspecified atom stereocenters. The number of carbonyl (C=O) groups excluding carboxylic acids is 1. The Balaban J connectivity index is 2.40. The van der Waals surface area contributed by atoms with Crippen molar-refractivity contribution in [2.24, 2.45) is 5.73 Å². The van der Waals surface area contributed by atoms with E-state index in [1.54, 1.807) is 0 Å². The van der Waals surface area contributed by atoms with Crippen LogP contribution < -0.4 is 5.73 Å². The molecule has 0 heterocycles. The summed E-state index contributed by atoms with van der Waals surface area (Å²) < 4.78 is 4.85. The van der Waals surface area contributed by atoms with E-state index in [0.717, 1.165) is 24.8 Å². The lowest BCUT2D eigenvalue weighted by Crippen LogP contribution is -2.37. The number of hydrogen-bond acceptors (Lipinski definition) is 3. The standard InChI is InChI=1S/C14H19NO2/c1-17-13(16)11-5-2-3-6-12(11)14(9-10-15)7-4-8-14/h2-3,5-6H,4,7-10,15H2,1H3. The average molecular weight is 233 g/mol. The van der Waals surface area contributed by atoms with Crippen molar-refractivity contribution in [3.05, 3.63) is 35.4 Å². The molecule has 0 atom stereocenters. The zero-order chi connectivity index (χ0) is 12.3. The van der Waals surface area contributed by atoms with E-state index >= 15 is 0 Å².